The molecule has 2 heterocycles. The zero-order valence-corrected chi connectivity index (χ0v) is 14.3. The molecular formula is C16H16N6O5. The molecule has 0 aliphatic rings. The summed E-state index contributed by atoms with van der Waals surface area (Å²) in [5.41, 5.74) is 0.527. The Morgan fingerprint density at radius 3 is 2.85 bits per heavy atom. The molecule has 0 bridgehead atoms. The monoisotopic (exact) mass is 372 g/mol. The van der Waals surface area contributed by atoms with E-state index in [4.69, 9.17) is 9.47 Å². The van der Waals surface area contributed by atoms with Crippen LogP contribution in [0.4, 0.5) is 11.4 Å². The van der Waals surface area contributed by atoms with Gasteiger partial charge in [0.1, 0.15) is 6.73 Å². The largest absolute Gasteiger partial charge is 0.464 e. The van der Waals surface area contributed by atoms with Crippen LogP contribution in [0.5, 0.6) is 5.75 Å². The number of ether oxygens (including phenoxy) is 2. The number of anilines is 1. The van der Waals surface area contributed by atoms with Gasteiger partial charge in [0.15, 0.2) is 18.2 Å². The SMILES string of the molecule is COCn1cc(NC(=O)c2ccn(COc3ccccc3[N+](=O)[O-])n2)cn1. The standard InChI is InChI=1S/C16H16N6O5/c1-26-10-21-9-12(8-17-21)18-16(23)13-6-7-20(19-13)11-27-15-5-3-2-4-14(15)22(24)25/h2-9H,10-11H2,1H3,(H,18,23). The minimum atomic E-state index is -0.527. The fourth-order valence-electron chi connectivity index (χ4n) is 2.25. The Balaban J connectivity index is 1.61. The van der Waals surface area contributed by atoms with Crippen LogP contribution < -0.4 is 10.1 Å². The first-order valence-corrected chi connectivity index (χ1v) is 7.79. The Morgan fingerprint density at radius 2 is 2.07 bits per heavy atom. The van der Waals surface area contributed by atoms with Gasteiger partial charge in [-0.2, -0.15) is 10.2 Å². The normalized spacial score (nSPS) is 10.6. The van der Waals surface area contributed by atoms with Crippen LogP contribution >= 0.6 is 0 Å². The number of nitrogens with one attached hydrogen (secondary N) is 1. The van der Waals surface area contributed by atoms with E-state index in [1.165, 1.54) is 40.0 Å². The second-order valence-electron chi connectivity index (χ2n) is 5.38. The van der Waals surface area contributed by atoms with E-state index >= 15 is 0 Å². The third-order valence-electron chi connectivity index (χ3n) is 3.44. The number of rotatable bonds is 8. The van der Waals surface area contributed by atoms with E-state index in [0.29, 0.717) is 5.69 Å². The van der Waals surface area contributed by atoms with Crippen LogP contribution in [0.3, 0.4) is 0 Å². The number of nitro benzene ring substituents is 1. The number of carbonyl (C=O) groups is 1. The lowest BCUT2D eigenvalue weighted by Gasteiger charge is -2.06. The topological polar surface area (TPSA) is 126 Å². The molecule has 27 heavy (non-hydrogen) atoms. The summed E-state index contributed by atoms with van der Waals surface area (Å²) in [7, 11) is 1.54. The molecule has 1 N–H and O–H groups in total. The number of hydrogen-bond donors (Lipinski definition) is 1. The summed E-state index contributed by atoms with van der Waals surface area (Å²) < 4.78 is 13.2. The quantitative estimate of drug-likeness (QED) is 0.472. The molecule has 2 aromatic heterocycles. The Labute approximate surface area is 153 Å². The third kappa shape index (κ3) is 4.46. The fraction of sp³-hybridized carbons (Fsp3) is 0.188. The molecular weight excluding hydrogens is 356 g/mol. The molecule has 0 saturated heterocycles. The predicted octanol–water partition coefficient (Wildman–Crippen LogP) is 1.88. The molecule has 11 heteroatoms. The minimum absolute atomic E-state index is 0.0795. The molecule has 0 aliphatic carbocycles. The van der Waals surface area contributed by atoms with E-state index in [1.54, 1.807) is 25.4 Å². The summed E-state index contributed by atoms with van der Waals surface area (Å²) in [6, 6.07) is 7.54. The van der Waals surface area contributed by atoms with Gasteiger partial charge in [0.25, 0.3) is 5.91 Å². The van der Waals surface area contributed by atoms with Crippen molar-refractivity contribution >= 4 is 17.3 Å². The Bertz CT molecular complexity index is 950. The van der Waals surface area contributed by atoms with Crippen LogP contribution in [0.15, 0.2) is 48.9 Å². The van der Waals surface area contributed by atoms with Crippen LogP contribution in [0.1, 0.15) is 10.5 Å². The van der Waals surface area contributed by atoms with Crippen LogP contribution in [-0.4, -0.2) is 37.5 Å². The summed E-state index contributed by atoms with van der Waals surface area (Å²) >= 11 is 0. The maximum atomic E-state index is 12.2. The van der Waals surface area contributed by atoms with Gasteiger partial charge in [0.2, 0.25) is 0 Å². The number of aromatic nitrogens is 4. The highest BCUT2D eigenvalue weighted by Crippen LogP contribution is 2.25. The van der Waals surface area contributed by atoms with E-state index < -0.39 is 10.8 Å². The molecule has 0 aliphatic heterocycles. The molecule has 1 aromatic carbocycles. The van der Waals surface area contributed by atoms with E-state index in [2.05, 4.69) is 15.5 Å². The molecule has 0 spiro atoms. The first kappa shape index (κ1) is 18.1. The lowest BCUT2D eigenvalue weighted by molar-refractivity contribution is -0.386. The summed E-state index contributed by atoms with van der Waals surface area (Å²) in [6.45, 7) is 0.192. The van der Waals surface area contributed by atoms with Crippen molar-refractivity contribution in [1.29, 1.82) is 0 Å². The molecule has 0 radical (unpaired) electrons. The highest BCUT2D eigenvalue weighted by Gasteiger charge is 2.15. The van der Waals surface area contributed by atoms with Crippen molar-refractivity contribution in [2.75, 3.05) is 12.4 Å². The number of hydrogen-bond acceptors (Lipinski definition) is 7. The smallest absolute Gasteiger partial charge is 0.311 e. The molecule has 11 nitrogen and oxygen atoms in total. The zero-order valence-electron chi connectivity index (χ0n) is 14.3. The average Bonchev–Trinajstić information content (AvgIpc) is 3.30. The van der Waals surface area contributed by atoms with Crippen molar-refractivity contribution in [1.82, 2.24) is 19.6 Å². The van der Waals surface area contributed by atoms with Gasteiger partial charge < -0.3 is 14.8 Å². The lowest BCUT2D eigenvalue weighted by atomic mass is 10.3. The van der Waals surface area contributed by atoms with E-state index in [-0.39, 0.29) is 30.6 Å². The summed E-state index contributed by atoms with van der Waals surface area (Å²) in [6.07, 6.45) is 4.65. The van der Waals surface area contributed by atoms with Crippen molar-refractivity contribution in [2.45, 2.75) is 13.5 Å². The number of para-hydroxylation sites is 2. The van der Waals surface area contributed by atoms with E-state index in [0.717, 1.165) is 0 Å². The first-order chi connectivity index (χ1) is 13.1. The number of amides is 1. The molecule has 1 amide bonds. The molecule has 140 valence electrons. The summed E-state index contributed by atoms with van der Waals surface area (Å²) in [5.74, 6) is -0.300. The second kappa shape index (κ2) is 8.10. The van der Waals surface area contributed by atoms with Crippen molar-refractivity contribution in [2.24, 2.45) is 0 Å². The van der Waals surface area contributed by atoms with Crippen molar-refractivity contribution in [3.63, 3.8) is 0 Å². The second-order valence-corrected chi connectivity index (χ2v) is 5.38. The molecule has 0 fully saturated rings. The van der Waals surface area contributed by atoms with Gasteiger partial charge in [0.05, 0.1) is 23.0 Å². The molecule has 0 unspecified atom stereocenters. The average molecular weight is 372 g/mol. The van der Waals surface area contributed by atoms with E-state index in [9.17, 15) is 14.9 Å². The summed E-state index contributed by atoms with van der Waals surface area (Å²) in [4.78, 5) is 22.7. The Morgan fingerprint density at radius 1 is 1.26 bits per heavy atom. The van der Waals surface area contributed by atoms with Crippen molar-refractivity contribution in [3.05, 3.63) is 64.7 Å². The highest BCUT2D eigenvalue weighted by atomic mass is 16.6. The van der Waals surface area contributed by atoms with Gasteiger partial charge in [-0.15, -0.1) is 0 Å². The third-order valence-corrected chi connectivity index (χ3v) is 3.44. The number of nitro groups is 1. The minimum Gasteiger partial charge on any atom is -0.464 e. The van der Waals surface area contributed by atoms with Crippen LogP contribution in [-0.2, 0) is 18.2 Å². The maximum absolute atomic E-state index is 12.2. The zero-order chi connectivity index (χ0) is 19.2. The van der Waals surface area contributed by atoms with Crippen LogP contribution in [0, 0.1) is 10.1 Å². The van der Waals surface area contributed by atoms with Gasteiger partial charge in [0, 0.05) is 19.4 Å². The van der Waals surface area contributed by atoms with Gasteiger partial charge in [-0.3, -0.25) is 14.9 Å². The van der Waals surface area contributed by atoms with Gasteiger partial charge >= 0.3 is 5.69 Å². The van der Waals surface area contributed by atoms with Crippen LogP contribution in [0.25, 0.3) is 0 Å². The Hall–Kier alpha value is -3.73. The molecule has 0 saturated carbocycles. The van der Waals surface area contributed by atoms with Gasteiger partial charge in [-0.05, 0) is 12.1 Å². The maximum Gasteiger partial charge on any atom is 0.311 e. The first-order valence-electron chi connectivity index (χ1n) is 7.79. The van der Waals surface area contributed by atoms with Crippen molar-refractivity contribution < 1.29 is 19.2 Å². The number of methoxy groups -OCH3 is 1. The van der Waals surface area contributed by atoms with Crippen LogP contribution in [0.2, 0.25) is 0 Å². The number of carbonyl (C=O) groups excluding carboxylic acids is 1. The molecule has 0 atom stereocenters. The summed E-state index contributed by atoms with van der Waals surface area (Å²) in [5, 5.41) is 21.8. The predicted molar refractivity (Wildman–Crippen MR) is 93.1 cm³/mol. The highest BCUT2D eigenvalue weighted by molar-refractivity contribution is 6.02. The van der Waals surface area contributed by atoms with Gasteiger partial charge in [-0.1, -0.05) is 12.1 Å². The van der Waals surface area contributed by atoms with E-state index in [1.807, 2.05) is 0 Å². The Kier molecular flexibility index (Phi) is 5.42. The molecule has 3 rings (SSSR count). The lowest BCUT2D eigenvalue weighted by Crippen LogP contribution is -2.14. The fourth-order valence-corrected chi connectivity index (χ4v) is 2.25. The van der Waals surface area contributed by atoms with Crippen molar-refractivity contribution in [3.8, 4) is 5.75 Å². The van der Waals surface area contributed by atoms with Gasteiger partial charge in [-0.25, -0.2) is 9.36 Å². The number of benzene rings is 1. The number of nitrogens with zero attached hydrogens (tertiary/aromatic N) is 5. The molecule has 3 aromatic rings.